The summed E-state index contributed by atoms with van der Waals surface area (Å²) in [5.74, 6) is 2.43. The molecule has 0 saturated carbocycles. The van der Waals surface area contributed by atoms with Crippen molar-refractivity contribution in [1.82, 2.24) is 9.78 Å². The minimum Gasteiger partial charge on any atom is -0.322 e. The van der Waals surface area contributed by atoms with Crippen molar-refractivity contribution in [2.24, 2.45) is 5.73 Å². The molecule has 2 N–H and O–H groups in total. The van der Waals surface area contributed by atoms with E-state index in [2.05, 4.69) is 42.0 Å². The Kier molecular flexibility index (Phi) is 4.93. The summed E-state index contributed by atoms with van der Waals surface area (Å²) in [6.45, 7) is 2.26. The summed E-state index contributed by atoms with van der Waals surface area (Å²) in [6, 6.07) is 12.3. The third-order valence-electron chi connectivity index (χ3n) is 3.86. The Hall–Kier alpha value is -0.910. The van der Waals surface area contributed by atoms with E-state index in [0.29, 0.717) is 10.5 Å². The van der Waals surface area contributed by atoms with E-state index in [1.54, 1.807) is 0 Å². The second kappa shape index (κ2) is 6.90. The lowest BCUT2D eigenvalue weighted by Crippen LogP contribution is -2.36. The van der Waals surface area contributed by atoms with Gasteiger partial charge in [-0.1, -0.05) is 25.1 Å². The molecule has 3 atom stereocenters. The fraction of sp³-hybridized carbons (Fsp3) is 0.438. The van der Waals surface area contributed by atoms with Gasteiger partial charge < -0.3 is 5.73 Å². The molecule has 2 heterocycles. The van der Waals surface area contributed by atoms with Gasteiger partial charge in [-0.05, 0) is 24.6 Å². The number of para-hydroxylation sites is 1. The lowest BCUT2D eigenvalue weighted by atomic mass is 10.1. The maximum atomic E-state index is 6.62. The van der Waals surface area contributed by atoms with Gasteiger partial charge in [0.25, 0.3) is 0 Å². The Balaban J connectivity index is 1.88. The zero-order valence-corrected chi connectivity index (χ0v) is 13.8. The molecule has 0 amide bonds. The molecule has 1 aromatic heterocycles. The third kappa shape index (κ3) is 3.15. The Morgan fingerprint density at radius 1 is 1.24 bits per heavy atom. The molecular formula is C16H21N3S2. The van der Waals surface area contributed by atoms with Crippen LogP contribution in [-0.4, -0.2) is 31.8 Å². The van der Waals surface area contributed by atoms with E-state index in [9.17, 15) is 0 Å². The quantitative estimate of drug-likeness (QED) is 0.937. The van der Waals surface area contributed by atoms with Crippen molar-refractivity contribution in [3.05, 3.63) is 48.3 Å². The van der Waals surface area contributed by atoms with Gasteiger partial charge in [-0.15, -0.1) is 0 Å². The Morgan fingerprint density at radius 3 is 2.76 bits per heavy atom. The van der Waals surface area contributed by atoms with Crippen LogP contribution in [0.1, 0.15) is 25.1 Å². The standard InChI is InChI=1S/C16H21N3S2/c1-2-14-16(21-11-10-20-14)15(17)13-8-9-18-19(13)12-6-4-3-5-7-12/h3-9,14-16H,2,10-11,17H2,1H3. The fourth-order valence-electron chi connectivity index (χ4n) is 2.79. The molecule has 3 unspecified atom stereocenters. The Bertz CT molecular complexity index is 570. The topological polar surface area (TPSA) is 43.8 Å². The zero-order valence-electron chi connectivity index (χ0n) is 12.2. The highest BCUT2D eigenvalue weighted by Crippen LogP contribution is 2.39. The van der Waals surface area contributed by atoms with Crippen LogP contribution in [0, 0.1) is 0 Å². The Morgan fingerprint density at radius 2 is 2.00 bits per heavy atom. The molecule has 3 rings (SSSR count). The van der Waals surface area contributed by atoms with Gasteiger partial charge in [0.05, 0.1) is 17.4 Å². The summed E-state index contributed by atoms with van der Waals surface area (Å²) < 4.78 is 1.98. The maximum Gasteiger partial charge on any atom is 0.0649 e. The molecule has 1 aromatic carbocycles. The predicted molar refractivity (Wildman–Crippen MR) is 93.3 cm³/mol. The van der Waals surface area contributed by atoms with Crippen LogP contribution < -0.4 is 5.73 Å². The average molecular weight is 319 g/mol. The van der Waals surface area contributed by atoms with Crippen molar-refractivity contribution in [1.29, 1.82) is 0 Å². The van der Waals surface area contributed by atoms with E-state index in [1.165, 1.54) is 17.9 Å². The van der Waals surface area contributed by atoms with Gasteiger partial charge in [0.2, 0.25) is 0 Å². The van der Waals surface area contributed by atoms with Crippen LogP contribution in [0.3, 0.4) is 0 Å². The van der Waals surface area contributed by atoms with Crippen LogP contribution in [0.2, 0.25) is 0 Å². The highest BCUT2D eigenvalue weighted by Gasteiger charge is 2.32. The molecule has 5 heteroatoms. The second-order valence-corrected chi connectivity index (χ2v) is 7.82. The molecule has 1 saturated heterocycles. The lowest BCUT2D eigenvalue weighted by molar-refractivity contribution is 0.595. The molecule has 21 heavy (non-hydrogen) atoms. The van der Waals surface area contributed by atoms with Crippen LogP contribution in [0.4, 0.5) is 0 Å². The molecule has 0 spiro atoms. The van der Waals surface area contributed by atoms with E-state index in [0.717, 1.165) is 11.4 Å². The molecule has 2 aromatic rings. The monoisotopic (exact) mass is 319 g/mol. The van der Waals surface area contributed by atoms with E-state index in [1.807, 2.05) is 40.8 Å². The molecule has 0 aliphatic carbocycles. The van der Waals surface area contributed by atoms with Gasteiger partial charge >= 0.3 is 0 Å². The van der Waals surface area contributed by atoms with Gasteiger partial charge in [0.15, 0.2) is 0 Å². The van der Waals surface area contributed by atoms with Crippen molar-refractivity contribution < 1.29 is 0 Å². The molecule has 1 aliphatic rings. The van der Waals surface area contributed by atoms with Crippen molar-refractivity contribution >= 4 is 23.5 Å². The normalized spacial score (nSPS) is 23.9. The van der Waals surface area contributed by atoms with Gasteiger partial charge in [0.1, 0.15) is 0 Å². The van der Waals surface area contributed by atoms with Gasteiger partial charge in [-0.2, -0.15) is 28.6 Å². The number of hydrogen-bond donors (Lipinski definition) is 1. The number of rotatable bonds is 4. The highest BCUT2D eigenvalue weighted by molar-refractivity contribution is 8.07. The lowest BCUT2D eigenvalue weighted by Gasteiger charge is -2.34. The summed E-state index contributed by atoms with van der Waals surface area (Å²) in [6.07, 6.45) is 3.03. The largest absolute Gasteiger partial charge is 0.322 e. The van der Waals surface area contributed by atoms with Crippen molar-refractivity contribution in [2.75, 3.05) is 11.5 Å². The average Bonchev–Trinajstić information content (AvgIpc) is 3.04. The van der Waals surface area contributed by atoms with Gasteiger partial charge in [-0.3, -0.25) is 0 Å². The number of aromatic nitrogens is 2. The molecular weight excluding hydrogens is 298 g/mol. The van der Waals surface area contributed by atoms with E-state index < -0.39 is 0 Å². The van der Waals surface area contributed by atoms with E-state index >= 15 is 0 Å². The first kappa shape index (κ1) is 15.0. The van der Waals surface area contributed by atoms with E-state index in [4.69, 9.17) is 5.73 Å². The number of nitrogens with two attached hydrogens (primary N) is 1. The summed E-state index contributed by atoms with van der Waals surface area (Å²) in [5.41, 5.74) is 8.81. The summed E-state index contributed by atoms with van der Waals surface area (Å²) >= 11 is 4.09. The van der Waals surface area contributed by atoms with Crippen molar-refractivity contribution in [2.45, 2.75) is 29.9 Å². The van der Waals surface area contributed by atoms with Crippen LogP contribution in [0.5, 0.6) is 0 Å². The SMILES string of the molecule is CCC1SCCSC1C(N)c1ccnn1-c1ccccc1. The summed E-state index contributed by atoms with van der Waals surface area (Å²) in [7, 11) is 0. The first-order valence-corrected chi connectivity index (χ1v) is 9.49. The van der Waals surface area contributed by atoms with E-state index in [-0.39, 0.29) is 6.04 Å². The van der Waals surface area contributed by atoms with Gasteiger partial charge in [0, 0.05) is 28.2 Å². The van der Waals surface area contributed by atoms with Crippen LogP contribution >= 0.6 is 23.5 Å². The highest BCUT2D eigenvalue weighted by atomic mass is 32.2. The zero-order chi connectivity index (χ0) is 14.7. The number of hydrogen-bond acceptors (Lipinski definition) is 4. The molecule has 0 radical (unpaired) electrons. The molecule has 1 fully saturated rings. The third-order valence-corrected chi connectivity index (χ3v) is 7.23. The number of nitrogens with zero attached hydrogens (tertiary/aromatic N) is 2. The minimum atomic E-state index is 0.0236. The predicted octanol–water partition coefficient (Wildman–Crippen LogP) is 3.50. The van der Waals surface area contributed by atoms with Crippen LogP contribution in [0.15, 0.2) is 42.6 Å². The number of benzene rings is 1. The first-order chi connectivity index (χ1) is 10.3. The minimum absolute atomic E-state index is 0.0236. The summed E-state index contributed by atoms with van der Waals surface area (Å²) in [5, 5.41) is 5.58. The van der Waals surface area contributed by atoms with Crippen molar-refractivity contribution in [3.63, 3.8) is 0 Å². The van der Waals surface area contributed by atoms with Crippen LogP contribution in [-0.2, 0) is 0 Å². The van der Waals surface area contributed by atoms with Crippen LogP contribution in [0.25, 0.3) is 5.69 Å². The first-order valence-electron chi connectivity index (χ1n) is 7.39. The second-order valence-electron chi connectivity index (χ2n) is 5.18. The molecule has 3 nitrogen and oxygen atoms in total. The van der Waals surface area contributed by atoms with Crippen molar-refractivity contribution in [3.8, 4) is 5.69 Å². The molecule has 112 valence electrons. The number of thioether (sulfide) groups is 2. The summed E-state index contributed by atoms with van der Waals surface area (Å²) in [4.78, 5) is 0. The Labute approximate surface area is 134 Å². The van der Waals surface area contributed by atoms with Gasteiger partial charge in [-0.25, -0.2) is 4.68 Å². The maximum absolute atomic E-state index is 6.62. The smallest absolute Gasteiger partial charge is 0.0649 e. The molecule has 0 bridgehead atoms. The fourth-order valence-corrected chi connectivity index (χ4v) is 5.95. The molecule has 1 aliphatic heterocycles.